The summed E-state index contributed by atoms with van der Waals surface area (Å²) in [6, 6.07) is 1.38. The minimum atomic E-state index is -4.21. The van der Waals surface area contributed by atoms with Crippen molar-refractivity contribution in [2.75, 3.05) is 4.72 Å². The fraction of sp³-hybridized carbons (Fsp3) is 0. The Labute approximate surface area is 85.1 Å². The second kappa shape index (κ2) is 3.81. The van der Waals surface area contributed by atoms with Gasteiger partial charge < -0.3 is 5.73 Å². The van der Waals surface area contributed by atoms with Crippen LogP contribution in [-0.4, -0.2) is 18.6 Å². The van der Waals surface area contributed by atoms with E-state index in [9.17, 15) is 13.2 Å². The second-order valence-electron chi connectivity index (χ2n) is 2.28. The summed E-state index contributed by atoms with van der Waals surface area (Å²) in [5, 5.41) is -1.35. The number of nitrogens with two attached hydrogens (primary N) is 1. The minimum absolute atomic E-state index is 0.00738. The molecule has 1 heterocycles. The Morgan fingerprint density at radius 3 is 2.71 bits per heavy atom. The van der Waals surface area contributed by atoms with Gasteiger partial charge in [-0.2, -0.15) is 8.42 Å². The Kier molecular flexibility index (Phi) is 2.92. The van der Waals surface area contributed by atoms with Gasteiger partial charge in [0.05, 0.1) is 16.9 Å². The number of primary amides is 1. The van der Waals surface area contributed by atoms with Crippen LogP contribution in [0.4, 0.5) is 10.5 Å². The highest BCUT2D eigenvalue weighted by atomic mass is 35.5. The van der Waals surface area contributed by atoms with E-state index in [1.165, 1.54) is 18.5 Å². The number of carbonyl (C=O) groups is 1. The Hall–Kier alpha value is -1.34. The number of aromatic nitrogens is 1. The normalized spacial score (nSPS) is 10.9. The van der Waals surface area contributed by atoms with Crippen LogP contribution in [0.25, 0.3) is 0 Å². The maximum atomic E-state index is 11.0. The van der Waals surface area contributed by atoms with Crippen LogP contribution in [0.3, 0.4) is 0 Å². The summed E-state index contributed by atoms with van der Waals surface area (Å²) < 4.78 is 23.8. The molecule has 0 saturated heterocycles. The van der Waals surface area contributed by atoms with Crippen molar-refractivity contribution in [1.29, 1.82) is 0 Å². The summed E-state index contributed by atoms with van der Waals surface area (Å²) in [4.78, 5) is 14.1. The summed E-state index contributed by atoms with van der Waals surface area (Å²) >= 11 is 5.62. The largest absolute Gasteiger partial charge is 0.355 e. The molecule has 76 valence electrons. The first-order chi connectivity index (χ1) is 6.43. The number of anilines is 1. The van der Waals surface area contributed by atoms with Crippen LogP contribution >= 0.6 is 11.6 Å². The van der Waals surface area contributed by atoms with Gasteiger partial charge in [-0.15, -0.1) is 0 Å². The average molecular weight is 236 g/mol. The van der Waals surface area contributed by atoms with Gasteiger partial charge in [-0.1, -0.05) is 11.6 Å². The number of hydrogen-bond acceptors (Lipinski definition) is 4. The van der Waals surface area contributed by atoms with E-state index in [0.29, 0.717) is 0 Å². The van der Waals surface area contributed by atoms with Crippen LogP contribution in [0, 0.1) is 0 Å². The van der Waals surface area contributed by atoms with Crippen LogP contribution in [0.2, 0.25) is 5.02 Å². The van der Waals surface area contributed by atoms with Gasteiger partial charge in [0.2, 0.25) is 0 Å². The Bertz CT molecular complexity index is 459. The van der Waals surface area contributed by atoms with Gasteiger partial charge in [0.1, 0.15) is 0 Å². The molecule has 1 rings (SSSR count). The smallest absolute Gasteiger partial charge is 0.354 e. The molecular formula is C6H6ClN3O3S. The number of halogens is 1. The fourth-order valence-corrected chi connectivity index (χ4v) is 1.41. The maximum absolute atomic E-state index is 11.0. The highest BCUT2D eigenvalue weighted by Crippen LogP contribution is 2.20. The monoisotopic (exact) mass is 235 g/mol. The molecule has 0 aliphatic carbocycles. The number of pyridine rings is 1. The van der Waals surface area contributed by atoms with E-state index in [4.69, 9.17) is 11.6 Å². The third-order valence-electron chi connectivity index (χ3n) is 1.28. The second-order valence-corrected chi connectivity index (χ2v) is 4.30. The van der Waals surface area contributed by atoms with E-state index in [0.717, 1.165) is 0 Å². The molecule has 8 heteroatoms. The van der Waals surface area contributed by atoms with Crippen molar-refractivity contribution < 1.29 is 13.2 Å². The Balaban J connectivity index is 3.02. The maximum Gasteiger partial charge on any atom is 0.354 e. The van der Waals surface area contributed by atoms with Gasteiger partial charge in [0, 0.05) is 6.20 Å². The van der Waals surface area contributed by atoms with Crippen molar-refractivity contribution in [1.82, 2.24) is 4.98 Å². The lowest BCUT2D eigenvalue weighted by Gasteiger charge is -2.04. The van der Waals surface area contributed by atoms with Gasteiger partial charge >= 0.3 is 15.3 Å². The van der Waals surface area contributed by atoms with E-state index in [-0.39, 0.29) is 10.7 Å². The third kappa shape index (κ3) is 2.33. The van der Waals surface area contributed by atoms with Gasteiger partial charge in [-0.25, -0.2) is 0 Å². The van der Waals surface area contributed by atoms with Gasteiger partial charge in [-0.3, -0.25) is 14.5 Å². The first-order valence-electron chi connectivity index (χ1n) is 3.35. The number of hydrogen-bond donors (Lipinski definition) is 2. The molecule has 3 N–H and O–H groups in total. The fourth-order valence-electron chi connectivity index (χ4n) is 0.648. The number of nitrogens with one attached hydrogen (secondary N) is 1. The summed E-state index contributed by atoms with van der Waals surface area (Å²) in [5.41, 5.74) is 4.62. The predicted molar refractivity (Wildman–Crippen MR) is 51.4 cm³/mol. The number of amides is 1. The molecule has 0 atom stereocenters. The van der Waals surface area contributed by atoms with E-state index < -0.39 is 15.3 Å². The standard InChI is InChI=1S/C6H6ClN3O3S/c7-4-1-2-9-3-5(4)10-14(12,13)6(8)11/h1-3,10H,(H2,8,11). The first-order valence-corrected chi connectivity index (χ1v) is 5.21. The topological polar surface area (TPSA) is 102 Å². The lowest BCUT2D eigenvalue weighted by Crippen LogP contribution is -2.28. The minimum Gasteiger partial charge on any atom is -0.355 e. The molecule has 1 amide bonds. The van der Waals surface area contributed by atoms with Crippen LogP contribution < -0.4 is 10.5 Å². The first kappa shape index (κ1) is 10.7. The Morgan fingerprint density at radius 1 is 1.57 bits per heavy atom. The molecule has 0 aliphatic rings. The lowest BCUT2D eigenvalue weighted by molar-refractivity contribution is 0.265. The molecule has 0 saturated carbocycles. The lowest BCUT2D eigenvalue weighted by atomic mass is 10.4. The summed E-state index contributed by atoms with van der Waals surface area (Å²) in [7, 11) is -4.21. The average Bonchev–Trinajstić information content (AvgIpc) is 2.08. The SMILES string of the molecule is NC(=O)S(=O)(=O)Nc1cnccc1Cl. The van der Waals surface area contributed by atoms with Crippen LogP contribution in [0.1, 0.15) is 0 Å². The van der Waals surface area contributed by atoms with E-state index in [2.05, 4.69) is 10.7 Å². The van der Waals surface area contributed by atoms with Crippen molar-refractivity contribution in [3.63, 3.8) is 0 Å². The van der Waals surface area contributed by atoms with Crippen molar-refractivity contribution >= 4 is 32.6 Å². The molecule has 14 heavy (non-hydrogen) atoms. The van der Waals surface area contributed by atoms with Crippen molar-refractivity contribution in [3.8, 4) is 0 Å². The molecule has 0 radical (unpaired) electrons. The molecule has 0 fully saturated rings. The molecular weight excluding hydrogens is 230 g/mol. The van der Waals surface area contributed by atoms with E-state index >= 15 is 0 Å². The molecule has 0 aromatic carbocycles. The number of rotatable bonds is 2. The number of sulfonamides is 1. The van der Waals surface area contributed by atoms with Crippen molar-refractivity contribution in [2.45, 2.75) is 0 Å². The van der Waals surface area contributed by atoms with E-state index in [1.54, 1.807) is 0 Å². The van der Waals surface area contributed by atoms with Gasteiger partial charge in [0.25, 0.3) is 0 Å². The number of nitrogens with zero attached hydrogens (tertiary/aromatic N) is 1. The summed E-state index contributed by atoms with van der Waals surface area (Å²) in [6.45, 7) is 0. The van der Waals surface area contributed by atoms with Gasteiger partial charge in [-0.05, 0) is 6.07 Å². The van der Waals surface area contributed by atoms with E-state index in [1.807, 2.05) is 4.72 Å². The molecule has 0 spiro atoms. The zero-order valence-corrected chi connectivity index (χ0v) is 8.34. The zero-order chi connectivity index (χ0) is 10.8. The molecule has 6 nitrogen and oxygen atoms in total. The predicted octanol–water partition coefficient (Wildman–Crippen LogP) is 0.555. The Morgan fingerprint density at radius 2 is 2.21 bits per heavy atom. The molecule has 0 unspecified atom stereocenters. The highest BCUT2D eigenvalue weighted by Gasteiger charge is 2.18. The summed E-state index contributed by atoms with van der Waals surface area (Å²) in [6.07, 6.45) is 2.55. The van der Waals surface area contributed by atoms with Crippen LogP contribution in [0.5, 0.6) is 0 Å². The van der Waals surface area contributed by atoms with Crippen molar-refractivity contribution in [2.24, 2.45) is 5.73 Å². The molecule has 0 bridgehead atoms. The zero-order valence-electron chi connectivity index (χ0n) is 6.77. The summed E-state index contributed by atoms with van der Waals surface area (Å²) in [5.74, 6) is 0. The molecule has 1 aromatic rings. The molecule has 1 aromatic heterocycles. The third-order valence-corrected chi connectivity index (χ3v) is 2.62. The highest BCUT2D eigenvalue weighted by molar-refractivity contribution is 8.07. The number of carbonyl (C=O) groups excluding carboxylic acids is 1. The van der Waals surface area contributed by atoms with Crippen molar-refractivity contribution in [3.05, 3.63) is 23.5 Å². The quantitative estimate of drug-likeness (QED) is 0.782. The van der Waals surface area contributed by atoms with Crippen LogP contribution in [-0.2, 0) is 10.0 Å². The molecule has 0 aliphatic heterocycles. The van der Waals surface area contributed by atoms with Gasteiger partial charge in [0.15, 0.2) is 0 Å². The van der Waals surface area contributed by atoms with Crippen LogP contribution in [0.15, 0.2) is 18.5 Å².